The lowest BCUT2D eigenvalue weighted by Crippen LogP contribution is -2.28. The smallest absolute Gasteiger partial charge is 0.303 e. The molecule has 0 saturated heterocycles. The van der Waals surface area contributed by atoms with E-state index in [4.69, 9.17) is 14.2 Å². The van der Waals surface area contributed by atoms with E-state index in [-0.39, 0.29) is 12.6 Å². The molecule has 0 saturated carbocycles. The molecule has 0 aromatic heterocycles. The van der Waals surface area contributed by atoms with Crippen LogP contribution in [0.15, 0.2) is 42.5 Å². The summed E-state index contributed by atoms with van der Waals surface area (Å²) in [5.41, 5.74) is 0. The number of esters is 1. The molecule has 4 heteroatoms. The van der Waals surface area contributed by atoms with Crippen LogP contribution < -0.4 is 4.74 Å². The zero-order valence-corrected chi connectivity index (χ0v) is 11.7. The highest BCUT2D eigenvalue weighted by Crippen LogP contribution is 2.25. The molecule has 2 aromatic rings. The molecule has 20 heavy (non-hydrogen) atoms. The molecule has 0 bridgehead atoms. The Morgan fingerprint density at radius 2 is 1.85 bits per heavy atom. The summed E-state index contributed by atoms with van der Waals surface area (Å²) in [7, 11) is 1.56. The lowest BCUT2D eigenvalue weighted by Gasteiger charge is -2.17. The predicted molar refractivity (Wildman–Crippen MR) is 76.9 cm³/mol. The van der Waals surface area contributed by atoms with Crippen molar-refractivity contribution in [1.29, 1.82) is 0 Å². The van der Waals surface area contributed by atoms with Crippen molar-refractivity contribution < 1.29 is 19.0 Å². The van der Waals surface area contributed by atoms with Gasteiger partial charge in [-0.1, -0.05) is 36.4 Å². The highest BCUT2D eigenvalue weighted by molar-refractivity contribution is 5.88. The van der Waals surface area contributed by atoms with Crippen LogP contribution in [0.1, 0.15) is 6.92 Å². The number of carbonyl (C=O) groups excluding carboxylic acids is 1. The molecular formula is C16H18O4. The first-order valence-corrected chi connectivity index (χ1v) is 6.47. The number of rotatable bonds is 6. The maximum atomic E-state index is 11.0. The van der Waals surface area contributed by atoms with Crippen LogP contribution in [0.4, 0.5) is 0 Å². The van der Waals surface area contributed by atoms with Crippen LogP contribution in [0.3, 0.4) is 0 Å². The van der Waals surface area contributed by atoms with Gasteiger partial charge < -0.3 is 14.2 Å². The SMILES string of the molecule is COC[C@H](COc1cccc2ccccc12)OC(C)=O. The van der Waals surface area contributed by atoms with Crippen LogP contribution in [0.5, 0.6) is 5.75 Å². The van der Waals surface area contributed by atoms with E-state index in [1.807, 2.05) is 42.5 Å². The van der Waals surface area contributed by atoms with Gasteiger partial charge in [-0.25, -0.2) is 0 Å². The Kier molecular flexibility index (Phi) is 4.96. The van der Waals surface area contributed by atoms with Crippen LogP contribution in [0, 0.1) is 0 Å². The number of ether oxygens (including phenoxy) is 3. The average molecular weight is 274 g/mol. The molecular weight excluding hydrogens is 256 g/mol. The monoisotopic (exact) mass is 274 g/mol. The Balaban J connectivity index is 2.09. The number of fused-ring (bicyclic) bond motifs is 1. The van der Waals surface area contributed by atoms with Crippen molar-refractivity contribution in [2.24, 2.45) is 0 Å². The molecule has 0 spiro atoms. The second-order valence-electron chi connectivity index (χ2n) is 4.48. The zero-order valence-electron chi connectivity index (χ0n) is 11.7. The summed E-state index contributed by atoms with van der Waals surface area (Å²) in [6.07, 6.45) is -0.406. The van der Waals surface area contributed by atoms with Crippen molar-refractivity contribution in [2.45, 2.75) is 13.0 Å². The van der Waals surface area contributed by atoms with E-state index >= 15 is 0 Å². The van der Waals surface area contributed by atoms with Gasteiger partial charge in [0, 0.05) is 19.4 Å². The van der Waals surface area contributed by atoms with Crippen LogP contribution >= 0.6 is 0 Å². The van der Waals surface area contributed by atoms with E-state index in [2.05, 4.69) is 0 Å². The summed E-state index contributed by atoms with van der Waals surface area (Å²) in [5.74, 6) is 0.435. The van der Waals surface area contributed by atoms with Crippen molar-refractivity contribution in [3.63, 3.8) is 0 Å². The minimum absolute atomic E-state index is 0.265. The fourth-order valence-electron chi connectivity index (χ4n) is 2.04. The number of hydrogen-bond donors (Lipinski definition) is 0. The van der Waals surface area contributed by atoms with E-state index in [1.165, 1.54) is 6.92 Å². The van der Waals surface area contributed by atoms with Gasteiger partial charge in [-0.15, -0.1) is 0 Å². The third-order valence-corrected chi connectivity index (χ3v) is 2.86. The van der Waals surface area contributed by atoms with Crippen molar-refractivity contribution >= 4 is 16.7 Å². The Hall–Kier alpha value is -2.07. The molecule has 0 aliphatic heterocycles. The van der Waals surface area contributed by atoms with Crippen LogP contribution in [-0.2, 0) is 14.3 Å². The van der Waals surface area contributed by atoms with Gasteiger partial charge in [0.2, 0.25) is 0 Å². The first-order chi connectivity index (χ1) is 9.70. The van der Waals surface area contributed by atoms with E-state index < -0.39 is 6.10 Å². The standard InChI is InChI=1S/C16H18O4/c1-12(17)20-14(10-18-2)11-19-16-9-5-7-13-6-3-4-8-15(13)16/h3-9,14H,10-11H2,1-2H3/t14-/m1/s1. The van der Waals surface area contributed by atoms with Gasteiger partial charge in [-0.2, -0.15) is 0 Å². The van der Waals surface area contributed by atoms with E-state index in [9.17, 15) is 4.79 Å². The molecule has 2 rings (SSSR count). The molecule has 0 aliphatic rings. The molecule has 0 N–H and O–H groups in total. The predicted octanol–water partition coefficient (Wildman–Crippen LogP) is 2.80. The average Bonchev–Trinajstić information content (AvgIpc) is 2.44. The lowest BCUT2D eigenvalue weighted by molar-refractivity contribution is -0.150. The van der Waals surface area contributed by atoms with Crippen molar-refractivity contribution in [3.05, 3.63) is 42.5 Å². The summed E-state index contributed by atoms with van der Waals surface area (Å²) < 4.78 is 15.9. The maximum Gasteiger partial charge on any atom is 0.303 e. The van der Waals surface area contributed by atoms with Crippen LogP contribution in [-0.4, -0.2) is 32.4 Å². The summed E-state index contributed by atoms with van der Waals surface area (Å²) in [5, 5.41) is 2.15. The first-order valence-electron chi connectivity index (χ1n) is 6.47. The summed E-state index contributed by atoms with van der Waals surface area (Å²) >= 11 is 0. The minimum atomic E-state index is -0.406. The summed E-state index contributed by atoms with van der Waals surface area (Å²) in [6.45, 7) is 1.95. The second kappa shape index (κ2) is 6.91. The van der Waals surface area contributed by atoms with Gasteiger partial charge in [0.05, 0.1) is 6.61 Å². The minimum Gasteiger partial charge on any atom is -0.489 e. The number of carbonyl (C=O) groups is 1. The molecule has 0 amide bonds. The lowest BCUT2D eigenvalue weighted by atomic mass is 10.1. The number of benzene rings is 2. The number of methoxy groups -OCH3 is 1. The Morgan fingerprint density at radius 3 is 2.60 bits per heavy atom. The molecule has 2 aromatic carbocycles. The highest BCUT2D eigenvalue weighted by atomic mass is 16.6. The van der Waals surface area contributed by atoms with Crippen molar-refractivity contribution in [2.75, 3.05) is 20.3 Å². The van der Waals surface area contributed by atoms with Crippen LogP contribution in [0.25, 0.3) is 10.8 Å². The van der Waals surface area contributed by atoms with E-state index in [1.54, 1.807) is 7.11 Å². The maximum absolute atomic E-state index is 11.0. The van der Waals surface area contributed by atoms with Crippen LogP contribution in [0.2, 0.25) is 0 Å². The van der Waals surface area contributed by atoms with E-state index in [0.29, 0.717) is 6.61 Å². The molecule has 0 aliphatic carbocycles. The molecule has 1 atom stereocenters. The van der Waals surface area contributed by atoms with E-state index in [0.717, 1.165) is 16.5 Å². The van der Waals surface area contributed by atoms with Crippen molar-refractivity contribution in [3.8, 4) is 5.75 Å². The van der Waals surface area contributed by atoms with Gasteiger partial charge in [0.15, 0.2) is 6.10 Å². The second-order valence-corrected chi connectivity index (χ2v) is 4.48. The van der Waals surface area contributed by atoms with Gasteiger partial charge in [-0.3, -0.25) is 4.79 Å². The molecule has 0 radical (unpaired) electrons. The Labute approximate surface area is 118 Å². The van der Waals surface area contributed by atoms with Gasteiger partial charge in [-0.05, 0) is 11.5 Å². The molecule has 0 fully saturated rings. The summed E-state index contributed by atoms with van der Waals surface area (Å²) in [4.78, 5) is 11.0. The third kappa shape index (κ3) is 3.71. The largest absolute Gasteiger partial charge is 0.489 e. The van der Waals surface area contributed by atoms with Gasteiger partial charge in [0.25, 0.3) is 0 Å². The molecule has 0 unspecified atom stereocenters. The number of hydrogen-bond acceptors (Lipinski definition) is 4. The Bertz CT molecular complexity index is 574. The Morgan fingerprint density at radius 1 is 1.10 bits per heavy atom. The fourth-order valence-corrected chi connectivity index (χ4v) is 2.04. The topological polar surface area (TPSA) is 44.8 Å². The quantitative estimate of drug-likeness (QED) is 0.760. The highest BCUT2D eigenvalue weighted by Gasteiger charge is 2.13. The third-order valence-electron chi connectivity index (χ3n) is 2.86. The normalized spacial score (nSPS) is 12.1. The van der Waals surface area contributed by atoms with Crippen molar-refractivity contribution in [1.82, 2.24) is 0 Å². The van der Waals surface area contributed by atoms with Gasteiger partial charge >= 0.3 is 5.97 Å². The first kappa shape index (κ1) is 14.3. The molecule has 0 heterocycles. The molecule has 4 nitrogen and oxygen atoms in total. The summed E-state index contributed by atoms with van der Waals surface area (Å²) in [6, 6.07) is 13.9. The molecule has 106 valence electrons. The zero-order chi connectivity index (χ0) is 14.4. The fraction of sp³-hybridized carbons (Fsp3) is 0.312. The van der Waals surface area contributed by atoms with Gasteiger partial charge in [0.1, 0.15) is 12.4 Å².